The fourth-order valence-electron chi connectivity index (χ4n) is 2.49. The van der Waals surface area contributed by atoms with Gasteiger partial charge < -0.3 is 19.9 Å². The largest absolute Gasteiger partial charge is 0.493 e. The number of benzene rings is 1. The third kappa shape index (κ3) is 2.47. The highest BCUT2D eigenvalue weighted by Gasteiger charge is 2.17. The lowest BCUT2D eigenvalue weighted by molar-refractivity contribution is 0.324. The Morgan fingerprint density at radius 1 is 1.08 bits per heavy atom. The molecular formula is C17H15N3O3S. The van der Waals surface area contributed by atoms with Crippen molar-refractivity contribution in [3.8, 4) is 33.8 Å². The van der Waals surface area contributed by atoms with Gasteiger partial charge in [0.05, 0.1) is 31.6 Å². The molecule has 6 nitrogen and oxygen atoms in total. The summed E-state index contributed by atoms with van der Waals surface area (Å²) in [5.41, 5.74) is 7.33. The molecule has 2 N–H and O–H groups in total. The maximum absolute atomic E-state index is 9.26. The quantitative estimate of drug-likeness (QED) is 0.782. The summed E-state index contributed by atoms with van der Waals surface area (Å²) in [4.78, 5) is 5.00. The van der Waals surface area contributed by atoms with Gasteiger partial charge in [0.2, 0.25) is 5.75 Å². The van der Waals surface area contributed by atoms with Gasteiger partial charge in [0.1, 0.15) is 11.9 Å². The van der Waals surface area contributed by atoms with Gasteiger partial charge in [-0.2, -0.15) is 5.26 Å². The van der Waals surface area contributed by atoms with Gasteiger partial charge in [-0.25, -0.2) is 4.98 Å². The summed E-state index contributed by atoms with van der Waals surface area (Å²) in [6.45, 7) is 0. The van der Waals surface area contributed by atoms with E-state index < -0.39 is 0 Å². The molecule has 0 saturated heterocycles. The van der Waals surface area contributed by atoms with Crippen molar-refractivity contribution in [2.45, 2.75) is 0 Å². The van der Waals surface area contributed by atoms with E-state index in [-0.39, 0.29) is 0 Å². The van der Waals surface area contributed by atoms with Gasteiger partial charge in [-0.15, -0.1) is 11.3 Å². The lowest BCUT2D eigenvalue weighted by Crippen LogP contribution is -1.95. The van der Waals surface area contributed by atoms with Gasteiger partial charge in [0, 0.05) is 16.5 Å². The molecular weight excluding hydrogens is 326 g/mol. The molecule has 0 unspecified atom stereocenters. The van der Waals surface area contributed by atoms with Crippen molar-refractivity contribution in [2.75, 3.05) is 27.1 Å². The number of methoxy groups -OCH3 is 3. The molecule has 0 spiro atoms. The average Bonchev–Trinajstić information content (AvgIpc) is 3.07. The Labute approximate surface area is 143 Å². The Balaban J connectivity index is 2.24. The van der Waals surface area contributed by atoms with Crippen molar-refractivity contribution in [1.29, 1.82) is 5.26 Å². The van der Waals surface area contributed by atoms with Crippen molar-refractivity contribution in [3.63, 3.8) is 0 Å². The zero-order chi connectivity index (χ0) is 17.3. The van der Waals surface area contributed by atoms with Crippen molar-refractivity contribution in [2.24, 2.45) is 0 Å². The molecule has 0 aliphatic heterocycles. The molecule has 0 bridgehead atoms. The van der Waals surface area contributed by atoms with Gasteiger partial charge >= 0.3 is 0 Å². The van der Waals surface area contributed by atoms with Crippen LogP contribution < -0.4 is 19.9 Å². The molecule has 0 aliphatic carbocycles. The van der Waals surface area contributed by atoms with Crippen LogP contribution in [0.5, 0.6) is 17.2 Å². The number of nitriles is 1. The van der Waals surface area contributed by atoms with Gasteiger partial charge in [0.25, 0.3) is 0 Å². The number of hydrogen-bond donors (Lipinski definition) is 1. The van der Waals surface area contributed by atoms with E-state index in [1.807, 2.05) is 18.2 Å². The van der Waals surface area contributed by atoms with Gasteiger partial charge in [-0.3, -0.25) is 0 Å². The van der Waals surface area contributed by atoms with Crippen molar-refractivity contribution >= 4 is 27.2 Å². The standard InChI is InChI=1S/C17H15N3O3S/c1-21-12-4-9(5-13(22-2)15(12)23-3)14-6-11-16(24-14)10(7-18)8-20-17(11)19/h4-6,8H,1-3H3,(H2,19,20). The second-order valence-electron chi connectivity index (χ2n) is 4.94. The molecule has 2 aromatic heterocycles. The number of nitrogens with two attached hydrogens (primary N) is 1. The molecule has 0 saturated carbocycles. The van der Waals surface area contributed by atoms with E-state index in [4.69, 9.17) is 19.9 Å². The number of pyridine rings is 1. The maximum atomic E-state index is 9.26. The second-order valence-corrected chi connectivity index (χ2v) is 5.99. The van der Waals surface area contributed by atoms with Crippen LogP contribution in [0.3, 0.4) is 0 Å². The van der Waals surface area contributed by atoms with Crippen LogP contribution in [-0.4, -0.2) is 26.3 Å². The third-order valence-corrected chi connectivity index (χ3v) is 4.87. The van der Waals surface area contributed by atoms with Crippen LogP contribution in [-0.2, 0) is 0 Å². The minimum Gasteiger partial charge on any atom is -0.493 e. The SMILES string of the molecule is COc1cc(-c2cc3c(N)ncc(C#N)c3s2)cc(OC)c1OC. The molecule has 0 aliphatic rings. The van der Waals surface area contributed by atoms with E-state index in [1.54, 1.807) is 21.3 Å². The molecule has 3 aromatic rings. The van der Waals surface area contributed by atoms with Crippen LogP contribution >= 0.6 is 11.3 Å². The van der Waals surface area contributed by atoms with Crippen LogP contribution in [0.25, 0.3) is 20.5 Å². The van der Waals surface area contributed by atoms with Crippen LogP contribution in [0.1, 0.15) is 5.56 Å². The van der Waals surface area contributed by atoms with E-state index in [9.17, 15) is 5.26 Å². The Kier molecular flexibility index (Phi) is 4.15. The minimum absolute atomic E-state index is 0.402. The molecule has 3 rings (SSSR count). The number of rotatable bonds is 4. The molecule has 2 heterocycles. The summed E-state index contributed by atoms with van der Waals surface area (Å²) in [6.07, 6.45) is 1.49. The molecule has 0 atom stereocenters. The summed E-state index contributed by atoms with van der Waals surface area (Å²) >= 11 is 1.47. The molecule has 24 heavy (non-hydrogen) atoms. The minimum atomic E-state index is 0.402. The number of nitrogen functional groups attached to an aromatic ring is 1. The highest BCUT2D eigenvalue weighted by molar-refractivity contribution is 7.22. The smallest absolute Gasteiger partial charge is 0.203 e. The Hall–Kier alpha value is -2.98. The number of anilines is 1. The van der Waals surface area contributed by atoms with Crippen LogP contribution in [0, 0.1) is 11.3 Å². The number of nitrogens with zero attached hydrogens (tertiary/aromatic N) is 2. The fourth-order valence-corrected chi connectivity index (χ4v) is 3.60. The summed E-state index contributed by atoms with van der Waals surface area (Å²) in [5, 5.41) is 10.0. The second kappa shape index (κ2) is 6.26. The average molecular weight is 341 g/mol. The summed E-state index contributed by atoms with van der Waals surface area (Å²) < 4.78 is 16.9. The van der Waals surface area contributed by atoms with E-state index >= 15 is 0 Å². The number of fused-ring (bicyclic) bond motifs is 1. The Morgan fingerprint density at radius 3 is 2.29 bits per heavy atom. The summed E-state index contributed by atoms with van der Waals surface area (Å²) in [7, 11) is 4.70. The number of ether oxygens (including phenoxy) is 3. The first-order chi connectivity index (χ1) is 11.6. The fraction of sp³-hybridized carbons (Fsp3) is 0.176. The highest BCUT2D eigenvalue weighted by Crippen LogP contribution is 2.44. The predicted octanol–water partition coefficient (Wildman–Crippen LogP) is 3.44. The van der Waals surface area contributed by atoms with Crippen molar-refractivity contribution in [1.82, 2.24) is 4.98 Å². The van der Waals surface area contributed by atoms with E-state index in [0.717, 1.165) is 20.5 Å². The Bertz CT molecular complexity index is 935. The highest BCUT2D eigenvalue weighted by atomic mass is 32.1. The van der Waals surface area contributed by atoms with Crippen molar-refractivity contribution < 1.29 is 14.2 Å². The lowest BCUT2D eigenvalue weighted by atomic mass is 10.1. The van der Waals surface area contributed by atoms with Crippen LogP contribution in [0.4, 0.5) is 5.82 Å². The molecule has 0 fully saturated rings. The topological polar surface area (TPSA) is 90.4 Å². The van der Waals surface area contributed by atoms with E-state index in [2.05, 4.69) is 11.1 Å². The molecule has 122 valence electrons. The van der Waals surface area contributed by atoms with E-state index in [1.165, 1.54) is 17.5 Å². The van der Waals surface area contributed by atoms with Crippen molar-refractivity contribution in [3.05, 3.63) is 30.0 Å². The zero-order valence-electron chi connectivity index (χ0n) is 13.4. The molecule has 0 amide bonds. The lowest BCUT2D eigenvalue weighted by Gasteiger charge is -2.13. The molecule has 1 aromatic carbocycles. The first-order valence-corrected chi connectivity index (χ1v) is 7.83. The normalized spacial score (nSPS) is 10.4. The first-order valence-electron chi connectivity index (χ1n) is 7.01. The third-order valence-electron chi connectivity index (χ3n) is 3.66. The maximum Gasteiger partial charge on any atom is 0.203 e. The number of aromatic nitrogens is 1. The van der Waals surface area contributed by atoms with Crippen LogP contribution in [0.15, 0.2) is 24.4 Å². The number of hydrogen-bond acceptors (Lipinski definition) is 7. The first kappa shape index (κ1) is 15.9. The van der Waals surface area contributed by atoms with Gasteiger partial charge in [-0.1, -0.05) is 0 Å². The molecule has 7 heteroatoms. The van der Waals surface area contributed by atoms with Gasteiger partial charge in [-0.05, 0) is 23.8 Å². The summed E-state index contributed by atoms with van der Waals surface area (Å²) in [6, 6.07) is 7.79. The predicted molar refractivity (Wildman–Crippen MR) is 93.8 cm³/mol. The Morgan fingerprint density at radius 2 is 1.75 bits per heavy atom. The summed E-state index contributed by atoms with van der Waals surface area (Å²) in [5.74, 6) is 2.06. The van der Waals surface area contributed by atoms with Crippen LogP contribution in [0.2, 0.25) is 0 Å². The van der Waals surface area contributed by atoms with Gasteiger partial charge in [0.15, 0.2) is 11.5 Å². The monoisotopic (exact) mass is 341 g/mol. The zero-order valence-corrected chi connectivity index (χ0v) is 14.2. The molecule has 0 radical (unpaired) electrons. The number of thiophene rings is 1. The van der Waals surface area contributed by atoms with E-state index in [0.29, 0.717) is 28.6 Å².